The van der Waals surface area contributed by atoms with Crippen LogP contribution >= 0.6 is 12.4 Å². The fourth-order valence-corrected chi connectivity index (χ4v) is 2.73. The van der Waals surface area contributed by atoms with Gasteiger partial charge >= 0.3 is 0 Å². The average molecular weight is 348 g/mol. The zero-order chi connectivity index (χ0) is 16.1. The summed E-state index contributed by atoms with van der Waals surface area (Å²) in [6.07, 6.45) is 3.71. The topological polar surface area (TPSA) is 44.5 Å². The third-order valence-corrected chi connectivity index (χ3v) is 4.22. The van der Waals surface area contributed by atoms with Crippen LogP contribution in [-0.2, 0) is 6.61 Å². The van der Waals surface area contributed by atoms with E-state index in [1.54, 1.807) is 0 Å². The molecule has 0 unspecified atom stereocenters. The molecule has 4 heteroatoms. The number of benzene rings is 2. The van der Waals surface area contributed by atoms with Crippen LogP contribution in [0.15, 0.2) is 48.5 Å². The van der Waals surface area contributed by atoms with E-state index in [0.717, 1.165) is 35.0 Å². The Morgan fingerprint density at radius 1 is 1.04 bits per heavy atom. The Hall–Kier alpha value is -1.71. The van der Waals surface area contributed by atoms with E-state index < -0.39 is 0 Å². The first-order chi connectivity index (χ1) is 11.3. The Balaban J connectivity index is 0.00000208. The zero-order valence-corrected chi connectivity index (χ0v) is 14.9. The highest BCUT2D eigenvalue weighted by molar-refractivity contribution is 5.85. The predicted molar refractivity (Wildman–Crippen MR) is 99.9 cm³/mol. The first-order valence-corrected chi connectivity index (χ1v) is 8.45. The van der Waals surface area contributed by atoms with Crippen LogP contribution in [0.3, 0.4) is 0 Å². The molecule has 1 aliphatic rings. The van der Waals surface area contributed by atoms with Crippen molar-refractivity contribution < 1.29 is 9.47 Å². The van der Waals surface area contributed by atoms with E-state index in [2.05, 4.69) is 18.2 Å². The number of halogens is 1. The minimum Gasteiger partial charge on any atom is -0.490 e. The maximum atomic E-state index is 6.32. The summed E-state index contributed by atoms with van der Waals surface area (Å²) in [7, 11) is 0. The summed E-state index contributed by atoms with van der Waals surface area (Å²) in [6.45, 7) is 3.13. The number of ether oxygens (including phenoxy) is 2. The van der Waals surface area contributed by atoms with Crippen LogP contribution in [0.25, 0.3) is 0 Å². The maximum Gasteiger partial charge on any atom is 0.161 e. The summed E-state index contributed by atoms with van der Waals surface area (Å²) in [5.41, 5.74) is 8.59. The second-order valence-electron chi connectivity index (χ2n) is 6.20. The molecule has 0 bridgehead atoms. The molecule has 2 aromatic carbocycles. The number of rotatable bonds is 8. The van der Waals surface area contributed by atoms with Gasteiger partial charge in [0.05, 0.1) is 6.61 Å². The van der Waals surface area contributed by atoms with Gasteiger partial charge in [-0.15, -0.1) is 12.4 Å². The van der Waals surface area contributed by atoms with Crippen molar-refractivity contribution in [3.05, 3.63) is 59.7 Å². The van der Waals surface area contributed by atoms with Gasteiger partial charge in [-0.25, -0.2) is 0 Å². The van der Waals surface area contributed by atoms with E-state index in [4.69, 9.17) is 15.2 Å². The van der Waals surface area contributed by atoms with Gasteiger partial charge in [0.25, 0.3) is 0 Å². The molecule has 1 aliphatic carbocycles. The molecule has 0 saturated heterocycles. The van der Waals surface area contributed by atoms with Crippen LogP contribution in [-0.4, -0.2) is 6.61 Å². The molecule has 0 aliphatic heterocycles. The third kappa shape index (κ3) is 5.15. The van der Waals surface area contributed by atoms with E-state index in [-0.39, 0.29) is 18.4 Å². The van der Waals surface area contributed by atoms with Crippen molar-refractivity contribution in [2.75, 3.05) is 6.61 Å². The lowest BCUT2D eigenvalue weighted by atomic mass is 10.0. The molecule has 0 aromatic heterocycles. The van der Waals surface area contributed by atoms with Crippen LogP contribution < -0.4 is 15.2 Å². The van der Waals surface area contributed by atoms with Crippen molar-refractivity contribution in [2.45, 2.75) is 38.8 Å². The molecule has 0 spiro atoms. The average Bonchev–Trinajstić information content (AvgIpc) is 3.39. The normalized spacial score (nSPS) is 14.6. The van der Waals surface area contributed by atoms with E-state index in [1.165, 1.54) is 12.8 Å². The Labute approximate surface area is 150 Å². The molecule has 3 rings (SSSR count). The number of nitrogens with two attached hydrogens (primary N) is 1. The van der Waals surface area contributed by atoms with Crippen molar-refractivity contribution in [1.82, 2.24) is 0 Å². The van der Waals surface area contributed by atoms with Gasteiger partial charge in [0.2, 0.25) is 0 Å². The molecule has 1 fully saturated rings. The van der Waals surface area contributed by atoms with E-state index in [1.807, 2.05) is 37.3 Å². The number of hydrogen-bond acceptors (Lipinski definition) is 3. The van der Waals surface area contributed by atoms with E-state index >= 15 is 0 Å². The Morgan fingerprint density at radius 2 is 1.79 bits per heavy atom. The molecule has 1 atom stereocenters. The molecule has 0 amide bonds. The van der Waals surface area contributed by atoms with Gasteiger partial charge < -0.3 is 15.2 Å². The number of hydrogen-bond donors (Lipinski definition) is 1. The molecule has 2 N–H and O–H groups in total. The molecule has 1 saturated carbocycles. The molecule has 2 aromatic rings. The highest BCUT2D eigenvalue weighted by atomic mass is 35.5. The zero-order valence-electron chi connectivity index (χ0n) is 14.1. The molecule has 3 nitrogen and oxygen atoms in total. The van der Waals surface area contributed by atoms with Crippen LogP contribution in [0.2, 0.25) is 0 Å². The fourth-order valence-electron chi connectivity index (χ4n) is 2.73. The fraction of sp³-hybridized carbons (Fsp3) is 0.400. The largest absolute Gasteiger partial charge is 0.490 e. The van der Waals surface area contributed by atoms with E-state index in [9.17, 15) is 0 Å². The highest BCUT2D eigenvalue weighted by Crippen LogP contribution is 2.38. The third-order valence-electron chi connectivity index (χ3n) is 4.22. The van der Waals surface area contributed by atoms with Crippen LogP contribution in [0, 0.1) is 5.92 Å². The first-order valence-electron chi connectivity index (χ1n) is 8.45. The summed E-state index contributed by atoms with van der Waals surface area (Å²) in [5, 5.41) is 0. The molecule has 0 radical (unpaired) electrons. The van der Waals surface area contributed by atoms with Gasteiger partial charge in [-0.2, -0.15) is 0 Å². The Morgan fingerprint density at radius 3 is 2.46 bits per heavy atom. The van der Waals surface area contributed by atoms with Crippen molar-refractivity contribution >= 4 is 12.4 Å². The van der Waals surface area contributed by atoms with Crippen LogP contribution in [0.1, 0.15) is 43.4 Å². The maximum absolute atomic E-state index is 6.32. The van der Waals surface area contributed by atoms with Crippen molar-refractivity contribution in [3.63, 3.8) is 0 Å². The van der Waals surface area contributed by atoms with Gasteiger partial charge in [0.1, 0.15) is 6.61 Å². The van der Waals surface area contributed by atoms with Crippen molar-refractivity contribution in [2.24, 2.45) is 11.7 Å². The predicted octanol–water partition coefficient (Wildman–Crippen LogP) is 4.89. The summed E-state index contributed by atoms with van der Waals surface area (Å²) in [4.78, 5) is 0. The summed E-state index contributed by atoms with van der Waals surface area (Å²) in [5.74, 6) is 2.37. The van der Waals surface area contributed by atoms with Gasteiger partial charge in [-0.3, -0.25) is 0 Å². The summed E-state index contributed by atoms with van der Waals surface area (Å²) >= 11 is 0. The summed E-state index contributed by atoms with van der Waals surface area (Å²) in [6, 6.07) is 16.3. The molecule has 0 heterocycles. The summed E-state index contributed by atoms with van der Waals surface area (Å²) < 4.78 is 11.7. The molecule has 24 heavy (non-hydrogen) atoms. The minimum atomic E-state index is 0. The van der Waals surface area contributed by atoms with Gasteiger partial charge in [0.15, 0.2) is 11.5 Å². The van der Waals surface area contributed by atoms with Gasteiger partial charge in [-0.05, 0) is 42.5 Å². The van der Waals surface area contributed by atoms with Gasteiger partial charge in [-0.1, -0.05) is 49.2 Å². The second kappa shape index (κ2) is 8.95. The molecule has 130 valence electrons. The Bertz CT molecular complexity index is 629. The lowest BCUT2D eigenvalue weighted by molar-refractivity contribution is 0.269. The first kappa shape index (κ1) is 18.6. The molecular formula is C20H26ClNO2. The monoisotopic (exact) mass is 347 g/mol. The van der Waals surface area contributed by atoms with E-state index in [0.29, 0.717) is 13.2 Å². The van der Waals surface area contributed by atoms with Crippen LogP contribution in [0.5, 0.6) is 11.5 Å². The Kier molecular flexibility index (Phi) is 6.95. The minimum absolute atomic E-state index is 0. The quantitative estimate of drug-likeness (QED) is 0.739. The van der Waals surface area contributed by atoms with Crippen LogP contribution in [0.4, 0.5) is 0 Å². The van der Waals surface area contributed by atoms with Crippen molar-refractivity contribution in [3.8, 4) is 11.5 Å². The van der Waals surface area contributed by atoms with Crippen molar-refractivity contribution in [1.29, 1.82) is 0 Å². The smallest absolute Gasteiger partial charge is 0.161 e. The molecular weight excluding hydrogens is 322 g/mol. The highest BCUT2D eigenvalue weighted by Gasteiger charge is 2.25. The second-order valence-corrected chi connectivity index (χ2v) is 6.20. The lowest BCUT2D eigenvalue weighted by Gasteiger charge is -2.16. The SMILES string of the molecule is CCOc1cc([C@@H](N)CC2CC2)ccc1OCc1ccccc1.Cl. The van der Waals surface area contributed by atoms with Gasteiger partial charge in [0, 0.05) is 6.04 Å². The lowest BCUT2D eigenvalue weighted by Crippen LogP contribution is -2.11. The standard InChI is InChI=1S/C20H25NO2.ClH/c1-2-22-20-13-17(18(21)12-15-8-9-15)10-11-19(20)23-14-16-6-4-3-5-7-16;/h3-7,10-11,13,15,18H,2,8-9,12,14,21H2,1H3;1H/t18-;/m0./s1.